The van der Waals surface area contributed by atoms with Gasteiger partial charge in [0.2, 0.25) is 5.88 Å². The topological polar surface area (TPSA) is 140 Å². The quantitative estimate of drug-likeness (QED) is 0.353. The Morgan fingerprint density at radius 1 is 1.06 bits per heavy atom. The molecule has 0 aliphatic carbocycles. The summed E-state index contributed by atoms with van der Waals surface area (Å²) in [6.45, 7) is 0.0385. The normalized spacial score (nSPS) is 12.9. The summed E-state index contributed by atoms with van der Waals surface area (Å²) in [5.74, 6) is -1.66. The molecule has 0 aliphatic heterocycles. The fourth-order valence-corrected chi connectivity index (χ4v) is 3.82. The van der Waals surface area contributed by atoms with Crippen LogP contribution in [0.5, 0.6) is 5.88 Å². The summed E-state index contributed by atoms with van der Waals surface area (Å²) in [6, 6.07) is 14.2. The SMILES string of the molecule is COc1ccc(-c2ccc(CC[C@@H](O)[C@H](CCn3nnc4ccccc4c3=O)C(=O)O)cn2)cn1. The van der Waals surface area contributed by atoms with Gasteiger partial charge in [-0.2, -0.15) is 0 Å². The summed E-state index contributed by atoms with van der Waals surface area (Å²) in [7, 11) is 1.55. The van der Waals surface area contributed by atoms with Crippen LogP contribution in [-0.4, -0.2) is 54.4 Å². The van der Waals surface area contributed by atoms with E-state index in [9.17, 15) is 19.8 Å². The molecular weight excluding hydrogens is 450 g/mol. The predicted molar refractivity (Wildman–Crippen MR) is 128 cm³/mol. The molecule has 1 aromatic carbocycles. The number of rotatable bonds is 10. The van der Waals surface area contributed by atoms with Crippen LogP contribution >= 0.6 is 0 Å². The minimum absolute atomic E-state index is 0.0385. The lowest BCUT2D eigenvalue weighted by Crippen LogP contribution is -2.32. The summed E-state index contributed by atoms with van der Waals surface area (Å²) < 4.78 is 6.20. The van der Waals surface area contributed by atoms with Crippen LogP contribution in [0.4, 0.5) is 0 Å². The summed E-state index contributed by atoms with van der Waals surface area (Å²) in [5.41, 5.74) is 2.60. The van der Waals surface area contributed by atoms with E-state index < -0.39 is 18.0 Å². The highest BCUT2D eigenvalue weighted by molar-refractivity contribution is 5.76. The van der Waals surface area contributed by atoms with Crippen molar-refractivity contribution in [3.05, 3.63) is 76.8 Å². The predicted octanol–water partition coefficient (Wildman–Crippen LogP) is 2.34. The second kappa shape index (κ2) is 10.8. The van der Waals surface area contributed by atoms with Gasteiger partial charge in [0.05, 0.1) is 30.2 Å². The highest BCUT2D eigenvalue weighted by atomic mass is 16.5. The Kier molecular flexibility index (Phi) is 7.41. The van der Waals surface area contributed by atoms with E-state index in [0.29, 0.717) is 23.2 Å². The molecule has 4 aromatic rings. The number of aliphatic hydroxyl groups is 1. The molecule has 3 aromatic heterocycles. The van der Waals surface area contributed by atoms with E-state index in [1.807, 2.05) is 18.2 Å². The molecule has 3 heterocycles. The third-order valence-corrected chi connectivity index (χ3v) is 5.86. The number of benzene rings is 1. The maximum absolute atomic E-state index is 12.6. The number of aliphatic carboxylic acids is 1. The van der Waals surface area contributed by atoms with E-state index in [-0.39, 0.29) is 24.9 Å². The van der Waals surface area contributed by atoms with Crippen molar-refractivity contribution in [2.75, 3.05) is 7.11 Å². The van der Waals surface area contributed by atoms with Gasteiger partial charge in [-0.05, 0) is 49.1 Å². The van der Waals surface area contributed by atoms with E-state index >= 15 is 0 Å². The van der Waals surface area contributed by atoms with Crippen LogP contribution in [-0.2, 0) is 17.8 Å². The highest BCUT2D eigenvalue weighted by Gasteiger charge is 2.26. The molecule has 180 valence electrons. The molecule has 0 unspecified atom stereocenters. The molecule has 0 fully saturated rings. The van der Waals surface area contributed by atoms with Crippen molar-refractivity contribution < 1.29 is 19.7 Å². The number of carboxylic acid groups (broad SMARTS) is 1. The first-order valence-corrected chi connectivity index (χ1v) is 11.1. The van der Waals surface area contributed by atoms with E-state index in [1.54, 1.807) is 49.8 Å². The Labute approximate surface area is 200 Å². The van der Waals surface area contributed by atoms with E-state index in [0.717, 1.165) is 21.5 Å². The molecule has 35 heavy (non-hydrogen) atoms. The van der Waals surface area contributed by atoms with Crippen LogP contribution in [0, 0.1) is 5.92 Å². The molecule has 0 bridgehead atoms. The van der Waals surface area contributed by atoms with E-state index in [2.05, 4.69) is 20.3 Å². The van der Waals surface area contributed by atoms with Crippen LogP contribution in [0.15, 0.2) is 65.7 Å². The average molecular weight is 476 g/mol. The standard InChI is InChI=1S/C25H25N5O5/c1-35-23-11-8-17(15-27-23)20-9-6-16(14-26-20)7-10-22(31)19(25(33)34)12-13-30-24(32)18-4-2-3-5-21(18)28-29-30/h2-6,8-9,11,14-15,19,22,31H,7,10,12-13H2,1H3,(H,33,34)/t19-,22+/m0/s1. The zero-order valence-electron chi connectivity index (χ0n) is 19.1. The number of methoxy groups -OCH3 is 1. The molecule has 0 aliphatic rings. The van der Waals surface area contributed by atoms with E-state index in [1.165, 1.54) is 0 Å². The van der Waals surface area contributed by atoms with Gasteiger partial charge in [-0.25, -0.2) is 9.67 Å². The maximum Gasteiger partial charge on any atom is 0.309 e. The molecule has 10 nitrogen and oxygen atoms in total. The van der Waals surface area contributed by atoms with Crippen molar-refractivity contribution in [1.82, 2.24) is 25.0 Å². The molecule has 2 atom stereocenters. The van der Waals surface area contributed by atoms with Gasteiger partial charge < -0.3 is 14.9 Å². The number of hydrogen-bond donors (Lipinski definition) is 2. The van der Waals surface area contributed by atoms with Crippen molar-refractivity contribution in [2.24, 2.45) is 5.92 Å². The summed E-state index contributed by atoms with van der Waals surface area (Å²) in [6.07, 6.45) is 3.02. The van der Waals surface area contributed by atoms with Crippen molar-refractivity contribution in [2.45, 2.75) is 31.9 Å². The number of pyridine rings is 2. The second-order valence-electron chi connectivity index (χ2n) is 8.12. The van der Waals surface area contributed by atoms with Crippen molar-refractivity contribution in [1.29, 1.82) is 0 Å². The fraction of sp³-hybridized carbons (Fsp3) is 0.280. The summed E-state index contributed by atoms with van der Waals surface area (Å²) in [4.78, 5) is 33.0. The minimum Gasteiger partial charge on any atom is -0.481 e. The van der Waals surface area contributed by atoms with Gasteiger partial charge in [0, 0.05) is 30.6 Å². The van der Waals surface area contributed by atoms with Gasteiger partial charge in [-0.1, -0.05) is 23.4 Å². The number of carbonyl (C=O) groups is 1. The molecule has 0 saturated heterocycles. The van der Waals surface area contributed by atoms with Crippen molar-refractivity contribution in [3.63, 3.8) is 0 Å². The lowest BCUT2D eigenvalue weighted by atomic mass is 9.94. The zero-order valence-corrected chi connectivity index (χ0v) is 19.1. The summed E-state index contributed by atoms with van der Waals surface area (Å²) >= 11 is 0. The van der Waals surface area contributed by atoms with Crippen LogP contribution in [0.2, 0.25) is 0 Å². The van der Waals surface area contributed by atoms with Crippen molar-refractivity contribution >= 4 is 16.9 Å². The van der Waals surface area contributed by atoms with Gasteiger partial charge in [0.1, 0.15) is 5.52 Å². The van der Waals surface area contributed by atoms with Crippen LogP contribution in [0.3, 0.4) is 0 Å². The zero-order chi connectivity index (χ0) is 24.8. The van der Waals surface area contributed by atoms with Gasteiger partial charge in [0.15, 0.2) is 0 Å². The van der Waals surface area contributed by atoms with Gasteiger partial charge in [-0.3, -0.25) is 14.6 Å². The first kappa shape index (κ1) is 24.0. The number of hydrogen-bond acceptors (Lipinski definition) is 8. The average Bonchev–Trinajstić information content (AvgIpc) is 2.89. The Morgan fingerprint density at radius 2 is 1.89 bits per heavy atom. The Morgan fingerprint density at radius 3 is 2.57 bits per heavy atom. The van der Waals surface area contributed by atoms with Gasteiger partial charge in [0.25, 0.3) is 5.56 Å². The molecular formula is C25H25N5O5. The maximum atomic E-state index is 12.6. The Hall–Kier alpha value is -4.18. The molecule has 0 radical (unpaired) electrons. The summed E-state index contributed by atoms with van der Waals surface area (Å²) in [5, 5.41) is 28.6. The van der Waals surface area contributed by atoms with Crippen LogP contribution in [0.1, 0.15) is 18.4 Å². The smallest absolute Gasteiger partial charge is 0.309 e. The third-order valence-electron chi connectivity index (χ3n) is 5.86. The number of aromatic nitrogens is 5. The number of aliphatic hydroxyl groups excluding tert-OH is 1. The van der Waals surface area contributed by atoms with Crippen LogP contribution in [0.25, 0.3) is 22.2 Å². The fourth-order valence-electron chi connectivity index (χ4n) is 3.82. The highest BCUT2D eigenvalue weighted by Crippen LogP contribution is 2.20. The molecule has 0 spiro atoms. The van der Waals surface area contributed by atoms with Gasteiger partial charge in [-0.15, -0.1) is 5.10 Å². The first-order chi connectivity index (χ1) is 17.0. The number of ether oxygens (including phenoxy) is 1. The molecule has 4 rings (SSSR count). The van der Waals surface area contributed by atoms with Crippen LogP contribution < -0.4 is 10.3 Å². The number of fused-ring (bicyclic) bond motifs is 1. The number of carboxylic acids is 1. The lowest BCUT2D eigenvalue weighted by Gasteiger charge is -2.19. The van der Waals surface area contributed by atoms with E-state index in [4.69, 9.17) is 4.74 Å². The third kappa shape index (κ3) is 5.67. The molecule has 0 amide bonds. The number of nitrogens with zero attached hydrogens (tertiary/aromatic N) is 5. The Balaban J connectivity index is 1.36. The molecule has 0 saturated carbocycles. The second-order valence-corrected chi connectivity index (χ2v) is 8.12. The first-order valence-electron chi connectivity index (χ1n) is 11.1. The molecule has 2 N–H and O–H groups in total. The largest absolute Gasteiger partial charge is 0.481 e. The van der Waals surface area contributed by atoms with Gasteiger partial charge >= 0.3 is 5.97 Å². The number of aryl methyl sites for hydroxylation is 2. The monoisotopic (exact) mass is 475 g/mol. The lowest BCUT2D eigenvalue weighted by molar-refractivity contribution is -0.146. The van der Waals surface area contributed by atoms with Crippen molar-refractivity contribution in [3.8, 4) is 17.1 Å². The molecule has 10 heteroatoms. The minimum atomic E-state index is -1.13. The Bertz CT molecular complexity index is 1360.